The lowest BCUT2D eigenvalue weighted by Gasteiger charge is -2.25. The highest BCUT2D eigenvalue weighted by molar-refractivity contribution is 5.91. The van der Waals surface area contributed by atoms with Crippen LogP contribution in [0.25, 0.3) is 0 Å². The van der Waals surface area contributed by atoms with Crippen LogP contribution in [0.3, 0.4) is 0 Å². The second-order valence-electron chi connectivity index (χ2n) is 15.8. The number of esters is 3. The average Bonchev–Trinajstić information content (AvgIpc) is 3.18. The van der Waals surface area contributed by atoms with E-state index in [1.807, 2.05) is 0 Å². The summed E-state index contributed by atoms with van der Waals surface area (Å²) in [5.74, 6) is -3.01. The molecule has 0 saturated heterocycles. The fourth-order valence-electron chi connectivity index (χ4n) is 6.99. The molecule has 0 radical (unpaired) electrons. The summed E-state index contributed by atoms with van der Waals surface area (Å²) in [6, 6.07) is -2.56. The Morgan fingerprint density at radius 3 is 1.36 bits per heavy atom. The topological polar surface area (TPSA) is 157 Å². The standard InChI is InChI=1S/C45H84N2O9/c1-6-8-10-12-14-16-18-20-22-24-26-28-30-32-38(56-42(51)33-31-29-27-25-23-21-19-17-15-13-11-9-7-2)36-40(49)47-43(37(3)48)44(52)46-39(45(53)55-5)34-35-41(50)54-4/h37-39,43,48H,6-36H2,1-5H3,(H,46,52)(H,47,49)/t37?,38?,39-,43-/m0/s1. The van der Waals surface area contributed by atoms with E-state index in [1.54, 1.807) is 0 Å². The number of ether oxygens (including phenoxy) is 3. The Morgan fingerprint density at radius 1 is 0.518 bits per heavy atom. The molecule has 0 spiro atoms. The fraction of sp³-hybridized carbons (Fsp3) is 0.889. The molecule has 4 atom stereocenters. The lowest BCUT2D eigenvalue weighted by molar-refractivity contribution is -0.151. The minimum Gasteiger partial charge on any atom is -0.469 e. The molecule has 328 valence electrons. The van der Waals surface area contributed by atoms with Gasteiger partial charge in [-0.15, -0.1) is 0 Å². The fourth-order valence-corrected chi connectivity index (χ4v) is 6.99. The number of carbonyl (C=O) groups excluding carboxylic acids is 5. The van der Waals surface area contributed by atoms with Crippen LogP contribution in [0.1, 0.15) is 220 Å². The molecule has 0 aliphatic heterocycles. The number of aliphatic hydroxyl groups excluding tert-OH is 1. The number of amides is 2. The zero-order valence-electron chi connectivity index (χ0n) is 36.4. The minimum absolute atomic E-state index is 0.0814. The van der Waals surface area contributed by atoms with Crippen LogP contribution < -0.4 is 10.6 Å². The van der Waals surface area contributed by atoms with Crippen LogP contribution in [0.15, 0.2) is 0 Å². The molecule has 0 heterocycles. The van der Waals surface area contributed by atoms with Crippen LogP contribution in [0.5, 0.6) is 0 Å². The predicted molar refractivity (Wildman–Crippen MR) is 224 cm³/mol. The average molecular weight is 797 g/mol. The van der Waals surface area contributed by atoms with Crippen molar-refractivity contribution < 1.29 is 43.3 Å². The second kappa shape index (κ2) is 37.9. The van der Waals surface area contributed by atoms with E-state index in [0.29, 0.717) is 12.8 Å². The van der Waals surface area contributed by atoms with Gasteiger partial charge in [0.05, 0.1) is 26.7 Å². The molecule has 0 rings (SSSR count). The lowest BCUT2D eigenvalue weighted by atomic mass is 10.0. The van der Waals surface area contributed by atoms with Crippen molar-refractivity contribution in [1.29, 1.82) is 0 Å². The van der Waals surface area contributed by atoms with Gasteiger partial charge in [-0.3, -0.25) is 19.2 Å². The van der Waals surface area contributed by atoms with Gasteiger partial charge in [-0.2, -0.15) is 0 Å². The van der Waals surface area contributed by atoms with Crippen molar-refractivity contribution in [3.05, 3.63) is 0 Å². The summed E-state index contributed by atoms with van der Waals surface area (Å²) >= 11 is 0. The van der Waals surface area contributed by atoms with E-state index in [-0.39, 0.29) is 25.2 Å². The first-order valence-electron chi connectivity index (χ1n) is 22.7. The summed E-state index contributed by atoms with van der Waals surface area (Å²) < 4.78 is 15.2. The molecular weight excluding hydrogens is 713 g/mol. The van der Waals surface area contributed by atoms with E-state index in [1.165, 1.54) is 136 Å². The van der Waals surface area contributed by atoms with Crippen molar-refractivity contribution in [2.45, 2.75) is 244 Å². The third kappa shape index (κ3) is 31.4. The first kappa shape index (κ1) is 53.3. The summed E-state index contributed by atoms with van der Waals surface area (Å²) in [4.78, 5) is 63.3. The number of nitrogens with one attached hydrogen (secondary N) is 2. The Hall–Kier alpha value is -2.69. The van der Waals surface area contributed by atoms with Gasteiger partial charge in [0.25, 0.3) is 0 Å². The number of unbranched alkanes of at least 4 members (excludes halogenated alkanes) is 24. The van der Waals surface area contributed by atoms with E-state index < -0.39 is 48.0 Å². The molecule has 0 aromatic heterocycles. The van der Waals surface area contributed by atoms with Gasteiger partial charge in [-0.05, 0) is 32.6 Å². The third-order valence-corrected chi connectivity index (χ3v) is 10.6. The third-order valence-electron chi connectivity index (χ3n) is 10.6. The summed E-state index contributed by atoms with van der Waals surface area (Å²) in [6.07, 6.45) is 30.1. The Morgan fingerprint density at radius 2 is 0.946 bits per heavy atom. The minimum atomic E-state index is -1.38. The summed E-state index contributed by atoms with van der Waals surface area (Å²) in [5, 5.41) is 15.5. The highest BCUT2D eigenvalue weighted by Crippen LogP contribution is 2.18. The molecule has 0 aromatic rings. The van der Waals surface area contributed by atoms with Crippen molar-refractivity contribution in [3.63, 3.8) is 0 Å². The summed E-state index contributed by atoms with van der Waals surface area (Å²) in [7, 11) is 2.38. The van der Waals surface area contributed by atoms with Gasteiger partial charge >= 0.3 is 17.9 Å². The van der Waals surface area contributed by atoms with Crippen molar-refractivity contribution in [3.8, 4) is 0 Å². The molecule has 0 aliphatic rings. The molecule has 2 amide bonds. The van der Waals surface area contributed by atoms with Crippen molar-refractivity contribution in [2.24, 2.45) is 0 Å². The Kier molecular flexibility index (Phi) is 36.0. The number of methoxy groups -OCH3 is 2. The number of aliphatic hydroxyl groups is 1. The van der Waals surface area contributed by atoms with Gasteiger partial charge in [0.1, 0.15) is 18.2 Å². The van der Waals surface area contributed by atoms with Crippen molar-refractivity contribution in [2.75, 3.05) is 14.2 Å². The molecule has 0 saturated carbocycles. The van der Waals surface area contributed by atoms with E-state index >= 15 is 0 Å². The molecule has 0 fully saturated rings. The van der Waals surface area contributed by atoms with E-state index in [2.05, 4.69) is 29.2 Å². The molecule has 0 bridgehead atoms. The molecular formula is C45H84N2O9. The largest absolute Gasteiger partial charge is 0.469 e. The molecule has 11 heteroatoms. The molecule has 11 nitrogen and oxygen atoms in total. The Bertz CT molecular complexity index is 1010. The maximum atomic E-state index is 13.3. The van der Waals surface area contributed by atoms with E-state index in [0.717, 1.165) is 52.1 Å². The molecule has 0 aromatic carbocycles. The number of carbonyl (C=O) groups is 5. The number of hydrogen-bond acceptors (Lipinski definition) is 9. The molecule has 56 heavy (non-hydrogen) atoms. The molecule has 0 aliphatic carbocycles. The van der Waals surface area contributed by atoms with Crippen LogP contribution >= 0.6 is 0 Å². The summed E-state index contributed by atoms with van der Waals surface area (Å²) in [5.41, 5.74) is 0. The highest BCUT2D eigenvalue weighted by atomic mass is 16.5. The maximum absolute atomic E-state index is 13.3. The van der Waals surface area contributed by atoms with Gasteiger partial charge in [0.15, 0.2) is 0 Å². The highest BCUT2D eigenvalue weighted by Gasteiger charge is 2.31. The van der Waals surface area contributed by atoms with Crippen LogP contribution in [0.2, 0.25) is 0 Å². The van der Waals surface area contributed by atoms with E-state index in [4.69, 9.17) is 9.47 Å². The van der Waals surface area contributed by atoms with Gasteiger partial charge in [0, 0.05) is 12.8 Å². The maximum Gasteiger partial charge on any atom is 0.328 e. The monoisotopic (exact) mass is 797 g/mol. The van der Waals surface area contributed by atoms with Crippen LogP contribution in [-0.2, 0) is 38.2 Å². The smallest absolute Gasteiger partial charge is 0.328 e. The van der Waals surface area contributed by atoms with Crippen molar-refractivity contribution >= 4 is 29.7 Å². The van der Waals surface area contributed by atoms with Crippen LogP contribution in [-0.4, -0.2) is 73.3 Å². The predicted octanol–water partition coefficient (Wildman–Crippen LogP) is 9.73. The first-order valence-corrected chi connectivity index (χ1v) is 22.7. The zero-order chi connectivity index (χ0) is 41.7. The molecule has 2 unspecified atom stereocenters. The number of hydrogen-bond donors (Lipinski definition) is 3. The SMILES string of the molecule is CCCCCCCCCCCCCCCC(=O)OC(CCCCCCCCCCCCCCC)CC(=O)N[C@H](C(=O)N[C@@H](CCC(=O)OC)C(=O)OC)C(C)O. The quantitative estimate of drug-likeness (QED) is 0.0313. The Labute approximate surface area is 341 Å². The van der Waals surface area contributed by atoms with Gasteiger partial charge in [-0.25, -0.2) is 4.79 Å². The first-order chi connectivity index (χ1) is 27.1. The number of rotatable bonds is 39. The van der Waals surface area contributed by atoms with Crippen LogP contribution in [0, 0.1) is 0 Å². The zero-order valence-corrected chi connectivity index (χ0v) is 36.4. The van der Waals surface area contributed by atoms with E-state index in [9.17, 15) is 29.1 Å². The molecule has 3 N–H and O–H groups in total. The van der Waals surface area contributed by atoms with Gasteiger partial charge in [0.2, 0.25) is 11.8 Å². The Balaban J connectivity index is 4.97. The van der Waals surface area contributed by atoms with Crippen LogP contribution in [0.4, 0.5) is 0 Å². The van der Waals surface area contributed by atoms with Gasteiger partial charge in [-0.1, -0.05) is 168 Å². The van der Waals surface area contributed by atoms with Gasteiger partial charge < -0.3 is 30.0 Å². The van der Waals surface area contributed by atoms with Crippen molar-refractivity contribution in [1.82, 2.24) is 10.6 Å². The second-order valence-corrected chi connectivity index (χ2v) is 15.8. The summed E-state index contributed by atoms with van der Waals surface area (Å²) in [6.45, 7) is 5.84. The normalized spacial score (nSPS) is 13.3. The lowest BCUT2D eigenvalue weighted by Crippen LogP contribution is -2.56.